The summed E-state index contributed by atoms with van der Waals surface area (Å²) in [5, 5.41) is 0. The molecule has 0 fully saturated rings. The molecule has 0 aromatic carbocycles. The predicted molar refractivity (Wildman–Crippen MR) is 39.2 cm³/mol. The fourth-order valence-corrected chi connectivity index (χ4v) is 1.35. The molecule has 0 atom stereocenters. The summed E-state index contributed by atoms with van der Waals surface area (Å²) < 4.78 is 9.72. The van der Waals surface area contributed by atoms with Gasteiger partial charge in [-0.2, -0.15) is 0 Å². The van der Waals surface area contributed by atoms with E-state index in [4.69, 9.17) is 9.47 Å². The Balaban J connectivity index is 3.06. The van der Waals surface area contributed by atoms with E-state index in [0.29, 0.717) is 0 Å². The van der Waals surface area contributed by atoms with Crippen LogP contribution < -0.4 is 0 Å². The Morgan fingerprint density at radius 3 is 1.88 bits per heavy atom. The second kappa shape index (κ2) is 5.55. The normalized spacial score (nSPS) is 10.2. The SMILES string of the molecule is B=[PH](COC)COC. The summed E-state index contributed by atoms with van der Waals surface area (Å²) in [4.78, 5) is 0. The molecule has 0 aliphatic heterocycles. The zero-order valence-corrected chi connectivity index (χ0v) is 6.44. The Kier molecular flexibility index (Phi) is 5.84. The van der Waals surface area contributed by atoms with Gasteiger partial charge in [0.25, 0.3) is 0 Å². The fourth-order valence-electron chi connectivity index (χ4n) is 0.450. The van der Waals surface area contributed by atoms with Crippen LogP contribution in [0.3, 0.4) is 0 Å². The zero-order chi connectivity index (χ0) is 6.41. The molecule has 0 aromatic rings. The van der Waals surface area contributed by atoms with Crippen molar-refractivity contribution < 1.29 is 9.47 Å². The standard InChI is InChI=1S/C4H12BO2P/c1-6-3-8(5)4-7-2/h5,8H,3-4H2,1-2H3. The summed E-state index contributed by atoms with van der Waals surface area (Å²) in [7, 11) is 6.66. The Hall–Kier alpha value is 0.415. The van der Waals surface area contributed by atoms with Gasteiger partial charge in [0.2, 0.25) is 0 Å². The molecule has 0 saturated heterocycles. The van der Waals surface area contributed by atoms with Crippen molar-refractivity contribution in [1.82, 2.24) is 0 Å². The van der Waals surface area contributed by atoms with Gasteiger partial charge in [-0.3, -0.25) is 0 Å². The van der Waals surface area contributed by atoms with Crippen LogP contribution in [0.4, 0.5) is 0 Å². The van der Waals surface area contributed by atoms with Crippen LogP contribution in [0.1, 0.15) is 0 Å². The fraction of sp³-hybridized carbons (Fsp3) is 1.00. The van der Waals surface area contributed by atoms with Gasteiger partial charge in [0.1, 0.15) is 0 Å². The van der Waals surface area contributed by atoms with Crippen LogP contribution in [-0.4, -0.2) is 34.1 Å². The van der Waals surface area contributed by atoms with Gasteiger partial charge in [0, 0.05) is 0 Å². The molecule has 0 bridgehead atoms. The van der Waals surface area contributed by atoms with E-state index in [0.717, 1.165) is 12.7 Å². The van der Waals surface area contributed by atoms with Gasteiger partial charge in [-0.25, -0.2) is 0 Å². The molecule has 0 aliphatic rings. The number of hydrogen-bond donors (Lipinski definition) is 0. The van der Waals surface area contributed by atoms with E-state index in [-0.39, 0.29) is 0 Å². The van der Waals surface area contributed by atoms with Gasteiger partial charge < -0.3 is 0 Å². The van der Waals surface area contributed by atoms with Gasteiger partial charge in [0.05, 0.1) is 0 Å². The van der Waals surface area contributed by atoms with Crippen LogP contribution in [0.15, 0.2) is 0 Å². The summed E-state index contributed by atoms with van der Waals surface area (Å²) >= 11 is 0. The van der Waals surface area contributed by atoms with Crippen molar-refractivity contribution in [3.63, 3.8) is 0 Å². The monoisotopic (exact) mass is 134 g/mol. The van der Waals surface area contributed by atoms with Gasteiger partial charge in [-0.05, 0) is 0 Å². The second-order valence-electron chi connectivity index (χ2n) is 1.62. The van der Waals surface area contributed by atoms with Crippen molar-refractivity contribution in [3.8, 4) is 0 Å². The third-order valence-corrected chi connectivity index (χ3v) is 2.09. The minimum atomic E-state index is -0.586. The maximum atomic E-state index is 4.86. The molecule has 0 radical (unpaired) electrons. The Morgan fingerprint density at radius 1 is 1.25 bits per heavy atom. The van der Waals surface area contributed by atoms with E-state index < -0.39 is 7.41 Å². The van der Waals surface area contributed by atoms with E-state index in [1.54, 1.807) is 14.2 Å². The molecule has 0 amide bonds. The summed E-state index contributed by atoms with van der Waals surface area (Å²) in [6.07, 6.45) is 1.55. The van der Waals surface area contributed by atoms with Crippen molar-refractivity contribution >= 4 is 14.6 Å². The molecule has 48 valence electrons. The predicted octanol–water partition coefficient (Wildman–Crippen LogP) is 0.224. The van der Waals surface area contributed by atoms with Gasteiger partial charge in [-0.15, -0.1) is 0 Å². The van der Waals surface area contributed by atoms with Crippen LogP contribution in [-0.2, 0) is 9.47 Å². The maximum absolute atomic E-state index is 4.86. The van der Waals surface area contributed by atoms with Gasteiger partial charge >= 0.3 is 51.0 Å². The van der Waals surface area contributed by atoms with Gasteiger partial charge in [-0.1, -0.05) is 0 Å². The Bertz CT molecular complexity index is 68.4. The average Bonchev–Trinajstić information content (AvgIpc) is 1.68. The minimum absolute atomic E-state index is 0.586. The number of hydrogen-bond acceptors (Lipinski definition) is 2. The molecule has 0 spiro atoms. The third kappa shape index (κ3) is 4.57. The molecule has 0 aromatic heterocycles. The molecule has 0 saturated carbocycles. The second-order valence-corrected chi connectivity index (χ2v) is 3.69. The number of rotatable bonds is 4. The topological polar surface area (TPSA) is 18.5 Å². The molecule has 0 rings (SSSR count). The van der Waals surface area contributed by atoms with Crippen LogP contribution in [0.2, 0.25) is 0 Å². The average molecular weight is 134 g/mol. The van der Waals surface area contributed by atoms with E-state index in [9.17, 15) is 0 Å². The Labute approximate surface area is 51.9 Å². The van der Waals surface area contributed by atoms with Crippen LogP contribution in [0.5, 0.6) is 0 Å². The molecule has 0 heterocycles. The summed E-state index contributed by atoms with van der Waals surface area (Å²) in [6, 6.07) is 0. The van der Waals surface area contributed by atoms with Crippen molar-refractivity contribution in [2.45, 2.75) is 0 Å². The van der Waals surface area contributed by atoms with Crippen LogP contribution in [0.25, 0.3) is 0 Å². The molecule has 8 heavy (non-hydrogen) atoms. The number of ether oxygens (including phenoxy) is 2. The van der Waals surface area contributed by atoms with Crippen LogP contribution in [0, 0.1) is 0 Å². The van der Waals surface area contributed by atoms with Crippen molar-refractivity contribution in [3.05, 3.63) is 0 Å². The Morgan fingerprint density at radius 2 is 1.62 bits per heavy atom. The van der Waals surface area contributed by atoms with E-state index >= 15 is 0 Å². The van der Waals surface area contributed by atoms with E-state index in [1.807, 2.05) is 0 Å². The van der Waals surface area contributed by atoms with E-state index in [1.165, 1.54) is 0 Å². The summed E-state index contributed by atoms with van der Waals surface area (Å²) in [5.74, 6) is 0. The van der Waals surface area contributed by atoms with Gasteiger partial charge in [0.15, 0.2) is 0 Å². The summed E-state index contributed by atoms with van der Waals surface area (Å²) in [6.45, 7) is 0. The molecular weight excluding hydrogens is 122 g/mol. The molecule has 4 heteroatoms. The number of methoxy groups -OCH3 is 2. The molecule has 0 aliphatic carbocycles. The molecule has 0 N–H and O–H groups in total. The van der Waals surface area contributed by atoms with Crippen molar-refractivity contribution in [2.24, 2.45) is 0 Å². The van der Waals surface area contributed by atoms with E-state index in [2.05, 4.69) is 7.18 Å². The van der Waals surface area contributed by atoms with Crippen molar-refractivity contribution in [1.29, 1.82) is 0 Å². The first-order chi connectivity index (χ1) is 3.81. The zero-order valence-electron chi connectivity index (χ0n) is 5.44. The van der Waals surface area contributed by atoms with Crippen molar-refractivity contribution in [2.75, 3.05) is 26.9 Å². The molecule has 2 nitrogen and oxygen atoms in total. The molecule has 0 unspecified atom stereocenters. The first kappa shape index (κ1) is 8.41. The first-order valence-electron chi connectivity index (χ1n) is 2.45. The first-order valence-corrected chi connectivity index (χ1v) is 4.58. The molecular formula is C4H12BO2P. The van der Waals surface area contributed by atoms with Crippen LogP contribution >= 0.6 is 7.41 Å². The quantitative estimate of drug-likeness (QED) is 0.404. The third-order valence-electron chi connectivity index (χ3n) is 0.697. The summed E-state index contributed by atoms with van der Waals surface area (Å²) in [5.41, 5.74) is 0.